The van der Waals surface area contributed by atoms with E-state index in [-0.39, 0.29) is 0 Å². The monoisotopic (exact) mass is 232 g/mol. The van der Waals surface area contributed by atoms with E-state index in [4.69, 9.17) is 0 Å². The topological polar surface area (TPSA) is 65.7 Å². The summed E-state index contributed by atoms with van der Waals surface area (Å²) in [6.07, 6.45) is 0. The number of aromatic nitrogens is 2. The molecule has 0 fully saturated rings. The predicted molar refractivity (Wildman–Crippen MR) is 65.9 cm³/mol. The lowest BCUT2D eigenvalue weighted by Gasteiger charge is -1.96. The number of fused-ring (bicyclic) bond motifs is 1. The van der Waals surface area contributed by atoms with Crippen molar-refractivity contribution in [3.05, 3.63) is 44.6 Å². The van der Waals surface area contributed by atoms with E-state index in [2.05, 4.69) is 34.4 Å². The van der Waals surface area contributed by atoms with Gasteiger partial charge in [0.25, 0.3) is 5.56 Å². The van der Waals surface area contributed by atoms with Gasteiger partial charge in [0.05, 0.1) is 16.7 Å². The maximum Gasteiger partial charge on any atom is 0.326 e. The van der Waals surface area contributed by atoms with Crippen LogP contribution in [0.5, 0.6) is 0 Å². The summed E-state index contributed by atoms with van der Waals surface area (Å²) in [6, 6.07) is 5.04. The molecule has 0 bridgehead atoms. The van der Waals surface area contributed by atoms with Crippen LogP contribution < -0.4 is 11.2 Å². The first kappa shape index (κ1) is 10.6. The summed E-state index contributed by atoms with van der Waals surface area (Å²) in [5, 5.41) is 0.422. The number of H-pyrrole nitrogens is 2. The minimum atomic E-state index is -0.508. The number of hydrogen-bond donors (Lipinski definition) is 3. The number of thiol groups is 1. The Balaban J connectivity index is 2.71. The molecule has 0 spiro atoms. The van der Waals surface area contributed by atoms with Crippen LogP contribution in [0.25, 0.3) is 10.9 Å². The third-order valence-corrected chi connectivity index (χ3v) is 2.21. The van der Waals surface area contributed by atoms with Crippen LogP contribution in [0.3, 0.4) is 0 Å². The highest BCUT2D eigenvalue weighted by molar-refractivity contribution is 7.80. The highest BCUT2D eigenvalue weighted by Gasteiger charge is 2.00. The van der Waals surface area contributed by atoms with E-state index in [9.17, 15) is 9.59 Å². The van der Waals surface area contributed by atoms with Gasteiger partial charge < -0.3 is 4.98 Å². The third kappa shape index (κ3) is 2.02. The quantitative estimate of drug-likeness (QED) is 0.457. The van der Waals surface area contributed by atoms with Crippen LogP contribution >= 0.6 is 12.6 Å². The molecule has 0 saturated heterocycles. The molecule has 0 aliphatic heterocycles. The van der Waals surface area contributed by atoms with Gasteiger partial charge in [-0.25, -0.2) is 4.79 Å². The number of nitrogens with one attached hydrogen (secondary N) is 2. The molecule has 0 saturated carbocycles. The molecule has 5 heteroatoms. The van der Waals surface area contributed by atoms with Gasteiger partial charge in [-0.1, -0.05) is 11.8 Å². The number of benzene rings is 1. The van der Waals surface area contributed by atoms with Crippen molar-refractivity contribution in [3.63, 3.8) is 0 Å². The summed E-state index contributed by atoms with van der Waals surface area (Å²) >= 11 is 3.97. The van der Waals surface area contributed by atoms with Crippen molar-refractivity contribution in [2.45, 2.75) is 0 Å². The van der Waals surface area contributed by atoms with Gasteiger partial charge in [-0.15, -0.1) is 0 Å². The molecule has 0 aliphatic rings. The van der Waals surface area contributed by atoms with E-state index in [1.165, 1.54) is 0 Å². The Labute approximate surface area is 96.1 Å². The lowest BCUT2D eigenvalue weighted by molar-refractivity contribution is 1.08. The molecule has 0 amide bonds. The Kier molecular flexibility index (Phi) is 2.84. The molecule has 1 aromatic carbocycles. The Bertz CT molecular complexity index is 703. The van der Waals surface area contributed by atoms with Gasteiger partial charge >= 0.3 is 5.69 Å². The van der Waals surface area contributed by atoms with Crippen LogP contribution in [-0.2, 0) is 0 Å². The van der Waals surface area contributed by atoms with E-state index >= 15 is 0 Å². The maximum atomic E-state index is 11.5. The van der Waals surface area contributed by atoms with Crippen molar-refractivity contribution in [1.29, 1.82) is 0 Å². The molecule has 0 atom stereocenters. The van der Waals surface area contributed by atoms with Gasteiger partial charge in [0.1, 0.15) is 0 Å². The fraction of sp³-hybridized carbons (Fsp3) is 0.0909. The van der Waals surface area contributed by atoms with Crippen LogP contribution in [0.15, 0.2) is 27.8 Å². The number of aromatic amines is 2. The first-order valence-electron chi connectivity index (χ1n) is 4.57. The molecule has 4 nitrogen and oxygen atoms in total. The second-order valence-electron chi connectivity index (χ2n) is 3.13. The minimum absolute atomic E-state index is 0.409. The SMILES string of the molecule is O=c1[nH]c(=O)c2cc(C#CCS)ccc2[nH]1. The van der Waals surface area contributed by atoms with Crippen molar-refractivity contribution in [1.82, 2.24) is 9.97 Å². The van der Waals surface area contributed by atoms with Gasteiger partial charge in [-0.3, -0.25) is 9.78 Å². The molecule has 80 valence electrons. The predicted octanol–water partition coefficient (Wildman–Crippen LogP) is 0.498. The van der Waals surface area contributed by atoms with Crippen LogP contribution in [0, 0.1) is 11.8 Å². The Morgan fingerprint density at radius 3 is 2.81 bits per heavy atom. The summed E-state index contributed by atoms with van der Waals surface area (Å²) in [5.41, 5.74) is 0.309. The Morgan fingerprint density at radius 1 is 1.25 bits per heavy atom. The first-order chi connectivity index (χ1) is 7.70. The molecule has 0 aliphatic carbocycles. The maximum absolute atomic E-state index is 11.5. The van der Waals surface area contributed by atoms with E-state index in [1.54, 1.807) is 18.2 Å². The zero-order valence-corrected chi connectivity index (χ0v) is 9.10. The van der Waals surface area contributed by atoms with Crippen molar-refractivity contribution in [2.24, 2.45) is 0 Å². The van der Waals surface area contributed by atoms with Crippen LogP contribution in [0.4, 0.5) is 0 Å². The van der Waals surface area contributed by atoms with Gasteiger partial charge in [0.15, 0.2) is 0 Å². The summed E-state index contributed by atoms with van der Waals surface area (Å²) < 4.78 is 0. The standard InChI is InChI=1S/C11H8N2O2S/c14-10-8-6-7(2-1-5-16)3-4-9(8)12-11(15)13-10/h3-4,6,16H,5H2,(H2,12,13,14,15). The van der Waals surface area contributed by atoms with E-state index < -0.39 is 11.2 Å². The molecule has 0 radical (unpaired) electrons. The Hall–Kier alpha value is -1.93. The van der Waals surface area contributed by atoms with Crippen molar-refractivity contribution >= 4 is 23.5 Å². The molecular formula is C11H8N2O2S. The van der Waals surface area contributed by atoms with E-state index in [1.807, 2.05) is 0 Å². The molecule has 2 rings (SSSR count). The smallest absolute Gasteiger partial charge is 0.307 e. The number of hydrogen-bond acceptors (Lipinski definition) is 3. The van der Waals surface area contributed by atoms with E-state index in [0.717, 1.165) is 5.56 Å². The zero-order chi connectivity index (χ0) is 11.5. The minimum Gasteiger partial charge on any atom is -0.307 e. The number of rotatable bonds is 0. The van der Waals surface area contributed by atoms with Crippen LogP contribution in [-0.4, -0.2) is 15.7 Å². The third-order valence-electron chi connectivity index (χ3n) is 2.05. The lowest BCUT2D eigenvalue weighted by Crippen LogP contribution is -2.21. The normalized spacial score (nSPS) is 9.81. The summed E-state index contributed by atoms with van der Waals surface area (Å²) in [6.45, 7) is 0. The summed E-state index contributed by atoms with van der Waals surface area (Å²) in [7, 11) is 0. The van der Waals surface area contributed by atoms with E-state index in [0.29, 0.717) is 16.7 Å². The van der Waals surface area contributed by atoms with Crippen molar-refractivity contribution < 1.29 is 0 Å². The fourth-order valence-electron chi connectivity index (χ4n) is 1.38. The van der Waals surface area contributed by atoms with Gasteiger partial charge in [0.2, 0.25) is 0 Å². The molecular weight excluding hydrogens is 224 g/mol. The van der Waals surface area contributed by atoms with Gasteiger partial charge in [-0.2, -0.15) is 12.6 Å². The molecule has 1 heterocycles. The van der Waals surface area contributed by atoms with Crippen LogP contribution in [0.1, 0.15) is 5.56 Å². The molecule has 16 heavy (non-hydrogen) atoms. The second kappa shape index (κ2) is 4.29. The molecule has 2 aromatic rings. The summed E-state index contributed by atoms with van der Waals surface area (Å²) in [4.78, 5) is 27.2. The average molecular weight is 232 g/mol. The molecule has 0 unspecified atom stereocenters. The lowest BCUT2D eigenvalue weighted by atomic mass is 10.1. The second-order valence-corrected chi connectivity index (χ2v) is 3.44. The highest BCUT2D eigenvalue weighted by Crippen LogP contribution is 2.07. The molecule has 2 N–H and O–H groups in total. The van der Waals surface area contributed by atoms with Crippen molar-refractivity contribution in [2.75, 3.05) is 5.75 Å². The zero-order valence-electron chi connectivity index (χ0n) is 8.20. The highest BCUT2D eigenvalue weighted by atomic mass is 32.1. The Morgan fingerprint density at radius 2 is 2.06 bits per heavy atom. The van der Waals surface area contributed by atoms with Gasteiger partial charge in [-0.05, 0) is 18.2 Å². The first-order valence-corrected chi connectivity index (χ1v) is 5.20. The summed E-state index contributed by atoms with van der Waals surface area (Å²) in [5.74, 6) is 6.11. The fourth-order valence-corrected chi connectivity index (χ4v) is 1.46. The molecule has 1 aromatic heterocycles. The van der Waals surface area contributed by atoms with Gasteiger partial charge in [0, 0.05) is 5.56 Å². The van der Waals surface area contributed by atoms with Crippen LogP contribution in [0.2, 0.25) is 0 Å². The largest absolute Gasteiger partial charge is 0.326 e. The van der Waals surface area contributed by atoms with Crippen molar-refractivity contribution in [3.8, 4) is 11.8 Å². The average Bonchev–Trinajstić information content (AvgIpc) is 2.26.